The van der Waals surface area contributed by atoms with Gasteiger partial charge in [-0.25, -0.2) is 0 Å². The molecule has 0 amide bonds. The Bertz CT molecular complexity index is 368. The zero-order valence-electron chi connectivity index (χ0n) is 14.3. The van der Waals surface area contributed by atoms with Crippen molar-refractivity contribution < 1.29 is 4.48 Å². The Morgan fingerprint density at radius 3 is 2.32 bits per heavy atom. The highest BCUT2D eigenvalue weighted by molar-refractivity contribution is 5.36. The fourth-order valence-electron chi connectivity index (χ4n) is 3.95. The topological polar surface area (TPSA) is 0 Å². The lowest BCUT2D eigenvalue weighted by Gasteiger charge is -2.41. The van der Waals surface area contributed by atoms with Crippen molar-refractivity contribution in [2.75, 3.05) is 27.7 Å². The molecule has 0 spiro atoms. The van der Waals surface area contributed by atoms with E-state index in [1.54, 1.807) is 11.1 Å². The average molecular weight is 264 g/mol. The molecule has 1 nitrogen and oxygen atoms in total. The van der Waals surface area contributed by atoms with Crippen LogP contribution in [-0.2, 0) is 0 Å². The van der Waals surface area contributed by atoms with Gasteiger partial charge in [-0.15, -0.1) is 0 Å². The van der Waals surface area contributed by atoms with Crippen LogP contribution in [0.5, 0.6) is 0 Å². The number of rotatable bonds is 6. The zero-order valence-corrected chi connectivity index (χ0v) is 14.3. The molecule has 0 aromatic heterocycles. The normalized spacial score (nSPS) is 24.7. The second kappa shape index (κ2) is 6.26. The van der Waals surface area contributed by atoms with Crippen LogP contribution in [0, 0.1) is 5.41 Å². The van der Waals surface area contributed by atoms with Gasteiger partial charge >= 0.3 is 0 Å². The molecule has 0 radical (unpaired) electrons. The van der Waals surface area contributed by atoms with E-state index in [-0.39, 0.29) is 0 Å². The van der Waals surface area contributed by atoms with Crippen molar-refractivity contribution in [3.63, 3.8) is 0 Å². The van der Waals surface area contributed by atoms with E-state index in [2.05, 4.69) is 54.9 Å². The third-order valence-electron chi connectivity index (χ3n) is 4.19. The molecule has 0 heterocycles. The maximum atomic E-state index is 2.48. The quantitative estimate of drug-likeness (QED) is 0.470. The van der Waals surface area contributed by atoms with E-state index in [4.69, 9.17) is 0 Å². The Kier molecular flexibility index (Phi) is 5.43. The van der Waals surface area contributed by atoms with E-state index in [0.717, 1.165) is 4.48 Å². The molecule has 0 aromatic carbocycles. The second-order valence-electron chi connectivity index (χ2n) is 7.80. The fraction of sp³-hybridized carbons (Fsp3) is 0.778. The van der Waals surface area contributed by atoms with Crippen molar-refractivity contribution in [2.24, 2.45) is 5.41 Å². The summed E-state index contributed by atoms with van der Waals surface area (Å²) in [5.74, 6) is 0. The molecule has 0 N–H and O–H groups in total. The molecule has 1 rings (SSSR count). The monoisotopic (exact) mass is 264 g/mol. The first-order valence-corrected chi connectivity index (χ1v) is 7.86. The second-order valence-corrected chi connectivity index (χ2v) is 7.80. The summed E-state index contributed by atoms with van der Waals surface area (Å²) in [6.07, 6.45) is 8.97. The number of quaternary nitrogens is 1. The standard InChI is InChI=1S/C18H34N/c1-8-9-10-11-17-16(3)12-15(2)13-18(17,4)14-19(5,6)7/h12H,8-11,13-14H2,1-7H3/q+1/t18-/m1/s1. The van der Waals surface area contributed by atoms with Crippen LogP contribution in [0.4, 0.5) is 0 Å². The van der Waals surface area contributed by atoms with Crippen molar-refractivity contribution in [1.82, 2.24) is 0 Å². The first kappa shape index (κ1) is 16.5. The Morgan fingerprint density at radius 1 is 1.16 bits per heavy atom. The molecular weight excluding hydrogens is 230 g/mol. The number of allylic oxidation sites excluding steroid dienone is 3. The van der Waals surface area contributed by atoms with Gasteiger partial charge in [0.05, 0.1) is 27.7 Å². The fourth-order valence-corrected chi connectivity index (χ4v) is 3.95. The van der Waals surface area contributed by atoms with Gasteiger partial charge in [0.1, 0.15) is 0 Å². The molecule has 0 aliphatic heterocycles. The number of hydrogen-bond donors (Lipinski definition) is 0. The molecule has 0 aromatic rings. The first-order chi connectivity index (χ1) is 8.68. The van der Waals surface area contributed by atoms with Gasteiger partial charge in [-0.3, -0.25) is 0 Å². The third-order valence-corrected chi connectivity index (χ3v) is 4.19. The average Bonchev–Trinajstić information content (AvgIpc) is 2.18. The van der Waals surface area contributed by atoms with Crippen LogP contribution in [0.25, 0.3) is 0 Å². The van der Waals surface area contributed by atoms with Gasteiger partial charge in [0, 0.05) is 5.41 Å². The Balaban J connectivity index is 2.97. The van der Waals surface area contributed by atoms with Crippen molar-refractivity contribution in [1.29, 1.82) is 0 Å². The molecule has 0 bridgehead atoms. The summed E-state index contributed by atoms with van der Waals surface area (Å²) >= 11 is 0. The van der Waals surface area contributed by atoms with Crippen LogP contribution in [0.3, 0.4) is 0 Å². The molecule has 19 heavy (non-hydrogen) atoms. The molecule has 1 atom stereocenters. The summed E-state index contributed by atoms with van der Waals surface area (Å²) in [5, 5.41) is 0. The SMILES string of the molecule is CCCCCC1=C(C)C=C(C)C[C@]1(C)C[N+](C)(C)C. The first-order valence-electron chi connectivity index (χ1n) is 7.86. The highest BCUT2D eigenvalue weighted by Crippen LogP contribution is 2.43. The molecular formula is C18H34N+. The molecule has 0 saturated heterocycles. The summed E-state index contributed by atoms with van der Waals surface area (Å²) in [7, 11) is 6.95. The van der Waals surface area contributed by atoms with Gasteiger partial charge in [-0.1, -0.05) is 49.5 Å². The highest BCUT2D eigenvalue weighted by atomic mass is 15.3. The Labute approximate surface area is 121 Å². The minimum absolute atomic E-state index is 0.356. The number of nitrogens with zero attached hydrogens (tertiary/aromatic N) is 1. The highest BCUT2D eigenvalue weighted by Gasteiger charge is 2.37. The maximum absolute atomic E-state index is 2.48. The summed E-state index contributed by atoms with van der Waals surface area (Å²) in [6, 6.07) is 0. The van der Waals surface area contributed by atoms with Crippen LogP contribution < -0.4 is 0 Å². The van der Waals surface area contributed by atoms with E-state index >= 15 is 0 Å². The molecule has 0 fully saturated rings. The van der Waals surface area contributed by atoms with Crippen molar-refractivity contribution in [3.8, 4) is 0 Å². The van der Waals surface area contributed by atoms with E-state index in [1.165, 1.54) is 44.2 Å². The largest absolute Gasteiger partial charge is 0.330 e. The summed E-state index contributed by atoms with van der Waals surface area (Å²) in [5.41, 5.74) is 5.16. The van der Waals surface area contributed by atoms with Crippen LogP contribution in [0.15, 0.2) is 22.8 Å². The van der Waals surface area contributed by atoms with Gasteiger partial charge < -0.3 is 4.48 Å². The molecule has 0 unspecified atom stereocenters. The lowest BCUT2D eigenvalue weighted by Crippen LogP contribution is -2.45. The molecule has 1 heteroatoms. The van der Waals surface area contributed by atoms with Crippen molar-refractivity contribution in [3.05, 3.63) is 22.8 Å². The molecule has 1 aliphatic carbocycles. The van der Waals surface area contributed by atoms with E-state index in [0.29, 0.717) is 5.41 Å². The van der Waals surface area contributed by atoms with Crippen LogP contribution in [0.2, 0.25) is 0 Å². The Hall–Kier alpha value is -0.560. The third kappa shape index (κ3) is 4.80. The number of unbranched alkanes of at least 4 members (excludes halogenated alkanes) is 2. The van der Waals surface area contributed by atoms with Crippen LogP contribution >= 0.6 is 0 Å². The predicted molar refractivity (Wildman–Crippen MR) is 86.2 cm³/mol. The van der Waals surface area contributed by atoms with Gasteiger partial charge in [-0.2, -0.15) is 0 Å². The van der Waals surface area contributed by atoms with Crippen molar-refractivity contribution >= 4 is 0 Å². The van der Waals surface area contributed by atoms with Gasteiger partial charge in [-0.05, 0) is 33.1 Å². The lowest BCUT2D eigenvalue weighted by atomic mass is 9.69. The maximum Gasteiger partial charge on any atom is 0.0875 e. The molecule has 1 aliphatic rings. The van der Waals surface area contributed by atoms with E-state index in [1.807, 2.05) is 0 Å². The smallest absolute Gasteiger partial charge is 0.0875 e. The van der Waals surface area contributed by atoms with Gasteiger partial charge in [0.2, 0.25) is 0 Å². The predicted octanol–water partition coefficient (Wildman–Crippen LogP) is 4.95. The minimum atomic E-state index is 0.356. The minimum Gasteiger partial charge on any atom is -0.330 e. The van der Waals surface area contributed by atoms with E-state index in [9.17, 15) is 0 Å². The molecule has 0 saturated carbocycles. The van der Waals surface area contributed by atoms with Gasteiger partial charge in [0.15, 0.2) is 0 Å². The Morgan fingerprint density at radius 2 is 1.79 bits per heavy atom. The lowest BCUT2D eigenvalue weighted by molar-refractivity contribution is -0.876. The molecule has 110 valence electrons. The van der Waals surface area contributed by atoms with E-state index < -0.39 is 0 Å². The van der Waals surface area contributed by atoms with Gasteiger partial charge in [0.25, 0.3) is 0 Å². The zero-order chi connectivity index (χ0) is 14.7. The summed E-state index contributed by atoms with van der Waals surface area (Å²) in [6.45, 7) is 10.6. The van der Waals surface area contributed by atoms with Crippen LogP contribution in [-0.4, -0.2) is 32.2 Å². The van der Waals surface area contributed by atoms with Crippen molar-refractivity contribution in [2.45, 2.75) is 59.8 Å². The summed E-state index contributed by atoms with van der Waals surface area (Å²) < 4.78 is 1.05. The van der Waals surface area contributed by atoms with Crippen LogP contribution in [0.1, 0.15) is 59.8 Å². The summed E-state index contributed by atoms with van der Waals surface area (Å²) in [4.78, 5) is 0. The number of hydrogen-bond acceptors (Lipinski definition) is 0.